The molecule has 1 heterocycles. The van der Waals surface area contributed by atoms with Crippen LogP contribution in [-0.4, -0.2) is 59.9 Å². The van der Waals surface area contributed by atoms with E-state index in [1.807, 2.05) is 32.8 Å². The van der Waals surface area contributed by atoms with Crippen LogP contribution in [0.5, 0.6) is 5.75 Å². The lowest BCUT2D eigenvalue weighted by Crippen LogP contribution is -2.32. The second-order valence-corrected chi connectivity index (χ2v) is 8.39. The van der Waals surface area contributed by atoms with E-state index < -0.39 is 23.5 Å². The Balaban J connectivity index is 2.05. The molecule has 1 amide bonds. The van der Waals surface area contributed by atoms with Crippen molar-refractivity contribution < 1.29 is 23.8 Å². The van der Waals surface area contributed by atoms with E-state index in [4.69, 9.17) is 4.74 Å². The number of halogens is 1. The molecule has 0 aliphatic carbocycles. The van der Waals surface area contributed by atoms with E-state index in [9.17, 15) is 19.1 Å². The van der Waals surface area contributed by atoms with Gasteiger partial charge in [-0.3, -0.25) is 9.59 Å². The summed E-state index contributed by atoms with van der Waals surface area (Å²) in [5.41, 5.74) is 0.972. The number of aliphatic hydroxyl groups excluding tert-OH is 1. The van der Waals surface area contributed by atoms with Crippen LogP contribution in [0, 0.1) is 5.82 Å². The average molecular weight is 441 g/mol. The molecular weight excluding hydrogens is 411 g/mol. The van der Waals surface area contributed by atoms with Gasteiger partial charge in [0.15, 0.2) is 0 Å². The maximum Gasteiger partial charge on any atom is 0.295 e. The lowest BCUT2D eigenvalue weighted by Gasteiger charge is -2.26. The third-order valence-electron chi connectivity index (χ3n) is 5.23. The Morgan fingerprint density at radius 1 is 1.09 bits per heavy atom. The summed E-state index contributed by atoms with van der Waals surface area (Å²) in [4.78, 5) is 29.4. The van der Waals surface area contributed by atoms with E-state index in [1.165, 1.54) is 29.2 Å². The van der Waals surface area contributed by atoms with Gasteiger partial charge in [0.05, 0.1) is 17.7 Å². The number of aliphatic hydroxyl groups is 1. The monoisotopic (exact) mass is 440 g/mol. The number of nitrogens with zero attached hydrogens (tertiary/aromatic N) is 2. The molecule has 1 aliphatic rings. The molecule has 2 aromatic carbocycles. The molecule has 170 valence electrons. The lowest BCUT2D eigenvalue weighted by molar-refractivity contribution is -0.139. The minimum Gasteiger partial charge on any atom is -0.507 e. The number of amides is 1. The van der Waals surface area contributed by atoms with Gasteiger partial charge in [-0.25, -0.2) is 4.39 Å². The van der Waals surface area contributed by atoms with Crippen LogP contribution in [0.25, 0.3) is 5.76 Å². The molecule has 1 unspecified atom stereocenters. The first-order chi connectivity index (χ1) is 15.2. The Morgan fingerprint density at radius 2 is 1.72 bits per heavy atom. The van der Waals surface area contributed by atoms with Gasteiger partial charge in [0.1, 0.15) is 17.3 Å². The molecular formula is C25H29FN2O4. The summed E-state index contributed by atoms with van der Waals surface area (Å²) in [6, 6.07) is 11.6. The van der Waals surface area contributed by atoms with E-state index in [-0.39, 0.29) is 23.0 Å². The fraction of sp³-hybridized carbons (Fsp3) is 0.360. The van der Waals surface area contributed by atoms with Crippen molar-refractivity contribution in [2.24, 2.45) is 0 Å². The van der Waals surface area contributed by atoms with Crippen LogP contribution in [0.1, 0.15) is 37.4 Å². The van der Waals surface area contributed by atoms with Crippen LogP contribution in [-0.2, 0) is 9.59 Å². The number of benzene rings is 2. The number of ether oxygens (including phenoxy) is 1. The quantitative estimate of drug-likeness (QED) is 0.382. The van der Waals surface area contributed by atoms with E-state index >= 15 is 0 Å². The predicted octanol–water partition coefficient (Wildman–Crippen LogP) is 3.99. The number of carbonyl (C=O) groups excluding carboxylic acids is 2. The molecule has 1 atom stereocenters. The molecule has 1 saturated heterocycles. The number of ketones is 1. The zero-order valence-electron chi connectivity index (χ0n) is 18.8. The number of hydrogen-bond acceptors (Lipinski definition) is 5. The molecule has 0 aromatic heterocycles. The molecule has 0 saturated carbocycles. The molecule has 0 spiro atoms. The first-order valence-corrected chi connectivity index (χ1v) is 10.6. The Morgan fingerprint density at radius 3 is 2.28 bits per heavy atom. The van der Waals surface area contributed by atoms with Crippen molar-refractivity contribution in [3.05, 3.63) is 71.0 Å². The van der Waals surface area contributed by atoms with Crippen LogP contribution in [0.4, 0.5) is 4.39 Å². The molecule has 0 radical (unpaired) electrons. The normalized spacial score (nSPS) is 18.1. The SMILES string of the molecule is CC(C)Oc1ccc(C2/C(=C(\O)c3ccc(F)cc3)C(=O)C(=O)N2CCCN(C)C)cc1. The number of Topliss-reactive ketones (excluding diaryl/α,β-unsaturated/α-hetero) is 1. The van der Waals surface area contributed by atoms with Crippen molar-refractivity contribution in [2.75, 3.05) is 27.2 Å². The smallest absolute Gasteiger partial charge is 0.295 e. The molecule has 0 bridgehead atoms. The van der Waals surface area contributed by atoms with Crippen LogP contribution in [0.2, 0.25) is 0 Å². The highest BCUT2D eigenvalue weighted by molar-refractivity contribution is 6.46. The summed E-state index contributed by atoms with van der Waals surface area (Å²) in [6.07, 6.45) is 0.678. The predicted molar refractivity (Wildman–Crippen MR) is 121 cm³/mol. The molecule has 1 fully saturated rings. The molecule has 3 rings (SSSR count). The molecule has 6 nitrogen and oxygen atoms in total. The number of hydrogen-bond donors (Lipinski definition) is 1. The Bertz CT molecular complexity index is 998. The summed E-state index contributed by atoms with van der Waals surface area (Å²) in [5, 5.41) is 11.0. The number of rotatable bonds is 8. The van der Waals surface area contributed by atoms with E-state index in [1.54, 1.807) is 24.3 Å². The van der Waals surface area contributed by atoms with Gasteiger partial charge in [0.25, 0.3) is 11.7 Å². The minimum atomic E-state index is -0.746. The van der Waals surface area contributed by atoms with Crippen molar-refractivity contribution >= 4 is 17.4 Å². The topological polar surface area (TPSA) is 70.1 Å². The molecule has 1 aliphatic heterocycles. The zero-order valence-corrected chi connectivity index (χ0v) is 18.8. The summed E-state index contributed by atoms with van der Waals surface area (Å²) in [5.74, 6) is -1.50. The van der Waals surface area contributed by atoms with E-state index in [0.717, 1.165) is 6.54 Å². The van der Waals surface area contributed by atoms with Gasteiger partial charge in [0, 0.05) is 12.1 Å². The standard InChI is InChI=1S/C25H29FN2O4/c1-16(2)32-20-12-8-17(9-13-20)22-21(23(29)18-6-10-19(26)11-7-18)24(30)25(31)28(22)15-5-14-27(3)4/h6-13,16,22,29H,5,14-15H2,1-4H3/b23-21+. The second kappa shape index (κ2) is 9.96. The minimum absolute atomic E-state index is 0.00369. The van der Waals surface area contributed by atoms with Gasteiger partial charge >= 0.3 is 0 Å². The average Bonchev–Trinajstić information content (AvgIpc) is 2.99. The van der Waals surface area contributed by atoms with Crippen molar-refractivity contribution in [1.29, 1.82) is 0 Å². The van der Waals surface area contributed by atoms with Gasteiger partial charge in [0.2, 0.25) is 0 Å². The zero-order chi connectivity index (χ0) is 23.4. The second-order valence-electron chi connectivity index (χ2n) is 8.39. The Labute approximate surface area is 187 Å². The Hall–Kier alpha value is -3.19. The van der Waals surface area contributed by atoms with Crippen molar-refractivity contribution in [2.45, 2.75) is 32.4 Å². The highest BCUT2D eigenvalue weighted by atomic mass is 19.1. The van der Waals surface area contributed by atoms with E-state index in [2.05, 4.69) is 0 Å². The first kappa shape index (κ1) is 23.5. The number of likely N-dealkylation sites (tertiary alicyclic amines) is 1. The number of carbonyl (C=O) groups is 2. The highest BCUT2D eigenvalue weighted by Gasteiger charge is 2.45. The maximum absolute atomic E-state index is 13.4. The fourth-order valence-corrected chi connectivity index (χ4v) is 3.78. The van der Waals surface area contributed by atoms with Gasteiger partial charge in [-0.1, -0.05) is 12.1 Å². The van der Waals surface area contributed by atoms with Crippen LogP contribution >= 0.6 is 0 Å². The fourth-order valence-electron chi connectivity index (χ4n) is 3.78. The van der Waals surface area contributed by atoms with Crippen LogP contribution < -0.4 is 4.74 Å². The van der Waals surface area contributed by atoms with Gasteiger partial charge < -0.3 is 19.6 Å². The largest absolute Gasteiger partial charge is 0.507 e. The third-order valence-corrected chi connectivity index (χ3v) is 5.23. The molecule has 1 N–H and O–H groups in total. The lowest BCUT2D eigenvalue weighted by atomic mass is 9.95. The summed E-state index contributed by atoms with van der Waals surface area (Å²) >= 11 is 0. The molecule has 32 heavy (non-hydrogen) atoms. The molecule has 2 aromatic rings. The van der Waals surface area contributed by atoms with Crippen molar-refractivity contribution in [1.82, 2.24) is 9.80 Å². The summed E-state index contributed by atoms with van der Waals surface area (Å²) in [7, 11) is 3.88. The summed E-state index contributed by atoms with van der Waals surface area (Å²) in [6.45, 7) is 4.96. The Kier molecular flexibility index (Phi) is 7.30. The third kappa shape index (κ3) is 5.16. The van der Waals surface area contributed by atoms with Gasteiger partial charge in [-0.15, -0.1) is 0 Å². The van der Waals surface area contributed by atoms with E-state index in [0.29, 0.717) is 24.3 Å². The van der Waals surface area contributed by atoms with Gasteiger partial charge in [-0.2, -0.15) is 0 Å². The summed E-state index contributed by atoms with van der Waals surface area (Å²) < 4.78 is 19.1. The van der Waals surface area contributed by atoms with Crippen LogP contribution in [0.3, 0.4) is 0 Å². The van der Waals surface area contributed by atoms with Crippen molar-refractivity contribution in [3.8, 4) is 5.75 Å². The van der Waals surface area contributed by atoms with Gasteiger partial charge in [-0.05, 0) is 82.9 Å². The van der Waals surface area contributed by atoms with Crippen LogP contribution in [0.15, 0.2) is 54.1 Å². The highest BCUT2D eigenvalue weighted by Crippen LogP contribution is 2.40. The first-order valence-electron chi connectivity index (χ1n) is 10.6. The maximum atomic E-state index is 13.4. The van der Waals surface area contributed by atoms with Crippen molar-refractivity contribution in [3.63, 3.8) is 0 Å². The molecule has 7 heteroatoms.